The van der Waals surface area contributed by atoms with Crippen molar-refractivity contribution >= 4 is 13.8 Å². The molecule has 3 N–H and O–H groups in total. The van der Waals surface area contributed by atoms with Gasteiger partial charge >= 0.3 is 13.8 Å². The highest BCUT2D eigenvalue weighted by atomic mass is 31.2. The van der Waals surface area contributed by atoms with Crippen LogP contribution in [0.25, 0.3) is 0 Å². The number of esters is 1. The summed E-state index contributed by atoms with van der Waals surface area (Å²) in [5.74, 6) is -0.347. The van der Waals surface area contributed by atoms with Gasteiger partial charge in [0.25, 0.3) is 0 Å². The van der Waals surface area contributed by atoms with Gasteiger partial charge in [0.15, 0.2) is 0 Å². The number of carbonyl (C=O) groups excluding carboxylic acids is 1. The van der Waals surface area contributed by atoms with Crippen LogP contribution in [0.4, 0.5) is 0 Å². The highest BCUT2D eigenvalue weighted by molar-refractivity contribution is 7.47. The first-order valence-electron chi connectivity index (χ1n) is 19.9. The second kappa shape index (κ2) is 39.2. The van der Waals surface area contributed by atoms with Crippen LogP contribution in [0.1, 0.15) is 149 Å². The largest absolute Gasteiger partial charge is 0.472 e. The number of ether oxygens (including phenoxy) is 2. The summed E-state index contributed by atoms with van der Waals surface area (Å²) in [7, 11) is -4.28. The predicted octanol–water partition coefficient (Wildman–Crippen LogP) is 11.6. The first-order valence-corrected chi connectivity index (χ1v) is 21.4. The van der Waals surface area contributed by atoms with E-state index in [1.54, 1.807) is 0 Å². The van der Waals surface area contributed by atoms with Gasteiger partial charge in [-0.1, -0.05) is 151 Å². The monoisotopic (exact) mass is 736 g/mol. The minimum atomic E-state index is -4.28. The van der Waals surface area contributed by atoms with E-state index in [1.807, 2.05) is 0 Å². The summed E-state index contributed by atoms with van der Waals surface area (Å²) in [6, 6.07) is 0. The molecular formula is C42H74NO7P. The van der Waals surface area contributed by atoms with E-state index in [0.29, 0.717) is 13.0 Å². The molecule has 8 nitrogen and oxygen atoms in total. The standard InChI is InChI=1S/C42H74NO7P/c1-3-5-7-9-11-13-14-15-16-17-18-19-20-21-22-23-24-25-26-27-28-30-32-34-37-47-39-41(40-49-51(45,46)48-38-36-43)50-42(44)35-33-31-29-12-10-8-6-4-2/h5,7,11,13,15-16,18-19,21-22,24-25,41H,3-4,6,8-10,12,14,17,20,23,26-40,43H2,1-2H3,(H,45,46)/b7-5-,13-11-,16-15-,19-18-,22-21-,25-24-. The van der Waals surface area contributed by atoms with Crippen molar-refractivity contribution in [2.75, 3.05) is 33.0 Å². The van der Waals surface area contributed by atoms with Gasteiger partial charge in [-0.05, 0) is 64.2 Å². The van der Waals surface area contributed by atoms with Crippen molar-refractivity contribution in [2.24, 2.45) is 5.73 Å². The molecule has 0 heterocycles. The van der Waals surface area contributed by atoms with Crippen LogP contribution in [-0.4, -0.2) is 49.9 Å². The molecule has 0 rings (SSSR count). The zero-order chi connectivity index (χ0) is 37.4. The first kappa shape index (κ1) is 48.9. The molecule has 0 amide bonds. The molecule has 294 valence electrons. The van der Waals surface area contributed by atoms with Crippen molar-refractivity contribution in [3.8, 4) is 0 Å². The van der Waals surface area contributed by atoms with Crippen LogP contribution >= 0.6 is 7.82 Å². The minimum Gasteiger partial charge on any atom is -0.457 e. The number of carbonyl (C=O) groups is 1. The van der Waals surface area contributed by atoms with Crippen LogP contribution in [0.5, 0.6) is 0 Å². The van der Waals surface area contributed by atoms with E-state index in [2.05, 4.69) is 86.8 Å². The summed E-state index contributed by atoms with van der Waals surface area (Å²) in [6.45, 7) is 4.70. The Labute approximate surface area is 312 Å². The lowest BCUT2D eigenvalue weighted by molar-refractivity contribution is -0.154. The summed E-state index contributed by atoms with van der Waals surface area (Å²) < 4.78 is 33.2. The molecule has 0 fully saturated rings. The number of phosphoric ester groups is 1. The van der Waals surface area contributed by atoms with Crippen LogP contribution in [0.2, 0.25) is 0 Å². The number of rotatable bonds is 37. The van der Waals surface area contributed by atoms with Crippen LogP contribution in [0.15, 0.2) is 72.9 Å². The van der Waals surface area contributed by atoms with E-state index in [4.69, 9.17) is 24.3 Å². The van der Waals surface area contributed by atoms with Crippen LogP contribution in [0.3, 0.4) is 0 Å². The molecule has 0 spiro atoms. The zero-order valence-corrected chi connectivity index (χ0v) is 33.2. The molecule has 0 aliphatic rings. The number of hydrogen-bond acceptors (Lipinski definition) is 7. The minimum absolute atomic E-state index is 0.0938. The van der Waals surface area contributed by atoms with Gasteiger partial charge in [0.05, 0.1) is 19.8 Å². The lowest BCUT2D eigenvalue weighted by Gasteiger charge is -2.20. The van der Waals surface area contributed by atoms with Crippen LogP contribution in [-0.2, 0) is 27.9 Å². The fourth-order valence-corrected chi connectivity index (χ4v) is 5.76. The van der Waals surface area contributed by atoms with Gasteiger partial charge in [-0.15, -0.1) is 0 Å². The molecule has 0 saturated carbocycles. The highest BCUT2D eigenvalue weighted by Crippen LogP contribution is 2.43. The Bertz CT molecular complexity index is 1010. The molecular weight excluding hydrogens is 661 g/mol. The normalized spacial score (nSPS) is 14.4. The zero-order valence-electron chi connectivity index (χ0n) is 32.3. The van der Waals surface area contributed by atoms with Crippen LogP contribution < -0.4 is 5.73 Å². The highest BCUT2D eigenvalue weighted by Gasteiger charge is 2.25. The number of allylic oxidation sites excluding steroid dienone is 12. The van der Waals surface area contributed by atoms with Gasteiger partial charge in [0, 0.05) is 19.6 Å². The molecule has 0 radical (unpaired) electrons. The number of hydrogen-bond donors (Lipinski definition) is 2. The van der Waals surface area contributed by atoms with Crippen molar-refractivity contribution < 1.29 is 32.8 Å². The maximum atomic E-state index is 12.4. The third kappa shape index (κ3) is 39.0. The summed E-state index contributed by atoms with van der Waals surface area (Å²) >= 11 is 0. The molecule has 0 aromatic heterocycles. The first-order chi connectivity index (χ1) is 24.9. The average molecular weight is 736 g/mol. The van der Waals surface area contributed by atoms with E-state index >= 15 is 0 Å². The van der Waals surface area contributed by atoms with Crippen molar-refractivity contribution in [2.45, 2.75) is 155 Å². The summed E-state index contributed by atoms with van der Waals surface area (Å²) in [5.41, 5.74) is 5.34. The molecule has 0 aliphatic heterocycles. The van der Waals surface area contributed by atoms with E-state index in [9.17, 15) is 14.3 Å². The third-order valence-electron chi connectivity index (χ3n) is 7.89. The molecule has 2 atom stereocenters. The summed E-state index contributed by atoms with van der Waals surface area (Å²) in [4.78, 5) is 22.3. The third-order valence-corrected chi connectivity index (χ3v) is 8.87. The Balaban J connectivity index is 4.03. The lowest BCUT2D eigenvalue weighted by Crippen LogP contribution is -2.28. The number of unbranched alkanes of at least 4 members (excludes halogenated alkanes) is 12. The van der Waals surface area contributed by atoms with Gasteiger partial charge in [-0.25, -0.2) is 4.57 Å². The van der Waals surface area contributed by atoms with Gasteiger partial charge in [-0.2, -0.15) is 0 Å². The van der Waals surface area contributed by atoms with Gasteiger partial charge in [-0.3, -0.25) is 13.8 Å². The quantitative estimate of drug-likeness (QED) is 0.0280. The van der Waals surface area contributed by atoms with Crippen LogP contribution in [0, 0.1) is 0 Å². The number of phosphoric acid groups is 1. The van der Waals surface area contributed by atoms with E-state index in [-0.39, 0.29) is 32.3 Å². The van der Waals surface area contributed by atoms with Gasteiger partial charge < -0.3 is 20.1 Å². The van der Waals surface area contributed by atoms with Crippen molar-refractivity contribution in [1.82, 2.24) is 0 Å². The second-order valence-electron chi connectivity index (χ2n) is 12.8. The second-order valence-corrected chi connectivity index (χ2v) is 14.2. The SMILES string of the molecule is CC/C=C\C/C=C\C/C=C\C/C=C\C/C=C\C/C=C\CCCCCCCOCC(COP(=O)(O)OCCN)OC(=O)CCCCCCCCCC. The smallest absolute Gasteiger partial charge is 0.457 e. The van der Waals surface area contributed by atoms with E-state index in [0.717, 1.165) is 83.5 Å². The van der Waals surface area contributed by atoms with E-state index < -0.39 is 13.9 Å². The molecule has 0 aliphatic carbocycles. The molecule has 0 aromatic rings. The van der Waals surface area contributed by atoms with Gasteiger partial charge in [0.2, 0.25) is 0 Å². The summed E-state index contributed by atoms with van der Waals surface area (Å²) in [5, 5.41) is 0. The van der Waals surface area contributed by atoms with Crippen molar-refractivity contribution in [1.29, 1.82) is 0 Å². The number of nitrogens with two attached hydrogens (primary N) is 1. The lowest BCUT2D eigenvalue weighted by atomic mass is 10.1. The molecule has 0 saturated heterocycles. The maximum absolute atomic E-state index is 12.4. The fraction of sp³-hybridized carbons (Fsp3) is 0.690. The van der Waals surface area contributed by atoms with Crippen molar-refractivity contribution in [3.05, 3.63) is 72.9 Å². The topological polar surface area (TPSA) is 117 Å². The Morgan fingerprint density at radius 3 is 1.65 bits per heavy atom. The molecule has 0 bridgehead atoms. The molecule has 0 aromatic carbocycles. The summed E-state index contributed by atoms with van der Waals surface area (Å²) in [6.07, 6.45) is 47.9. The van der Waals surface area contributed by atoms with Crippen molar-refractivity contribution in [3.63, 3.8) is 0 Å². The predicted molar refractivity (Wildman–Crippen MR) is 215 cm³/mol. The molecule has 51 heavy (non-hydrogen) atoms. The Hall–Kier alpha value is -2.06. The Kier molecular flexibility index (Phi) is 37.6. The fourth-order valence-electron chi connectivity index (χ4n) is 5.00. The Morgan fingerprint density at radius 2 is 1.10 bits per heavy atom. The molecule has 2 unspecified atom stereocenters. The average Bonchev–Trinajstić information content (AvgIpc) is 3.12. The Morgan fingerprint density at radius 1 is 0.608 bits per heavy atom. The maximum Gasteiger partial charge on any atom is 0.472 e. The molecule has 9 heteroatoms. The van der Waals surface area contributed by atoms with Gasteiger partial charge in [0.1, 0.15) is 6.10 Å². The van der Waals surface area contributed by atoms with E-state index in [1.165, 1.54) is 44.9 Å².